The Morgan fingerprint density at radius 2 is 1.80 bits per heavy atom. The van der Waals surface area contributed by atoms with E-state index in [2.05, 4.69) is 75.0 Å². The third-order valence-corrected chi connectivity index (χ3v) is 8.99. The minimum absolute atomic E-state index is 0.268. The van der Waals surface area contributed by atoms with Gasteiger partial charge in [-0.3, -0.25) is 0 Å². The third kappa shape index (κ3) is 3.86. The Balaban J connectivity index is 1.80. The number of allylic oxidation sites excluding steroid dienone is 1. The summed E-state index contributed by atoms with van der Waals surface area (Å²) in [7, 11) is 4.32. The number of thioether (sulfide) groups is 1. The SMILES string of the molecule is CN(C)CCSC(=Nc1ccccc1)C1=C(N2CCCCC2)C2(C)CCC1C2(C)C. The van der Waals surface area contributed by atoms with Crippen LogP contribution in [0.2, 0.25) is 0 Å². The summed E-state index contributed by atoms with van der Waals surface area (Å²) in [5.41, 5.74) is 4.89. The van der Waals surface area contributed by atoms with Gasteiger partial charge in [0.05, 0.1) is 5.69 Å². The van der Waals surface area contributed by atoms with Crippen molar-refractivity contribution in [2.45, 2.75) is 52.9 Å². The Hall–Kier alpha value is -1.26. The minimum atomic E-state index is 0.268. The molecule has 2 bridgehead atoms. The summed E-state index contributed by atoms with van der Waals surface area (Å²) >= 11 is 1.97. The molecule has 2 fully saturated rings. The van der Waals surface area contributed by atoms with E-state index < -0.39 is 0 Å². The van der Waals surface area contributed by atoms with E-state index >= 15 is 0 Å². The number of piperidine rings is 1. The fourth-order valence-electron chi connectivity index (χ4n) is 5.89. The molecule has 164 valence electrons. The van der Waals surface area contributed by atoms with E-state index in [0.717, 1.165) is 18.0 Å². The molecule has 1 heterocycles. The molecule has 0 spiro atoms. The Kier molecular flexibility index (Phi) is 6.37. The fraction of sp³-hybridized carbons (Fsp3) is 0.654. The molecule has 0 aromatic heterocycles. The fourth-order valence-corrected chi connectivity index (χ4v) is 7.11. The Labute approximate surface area is 188 Å². The molecule has 2 aliphatic carbocycles. The second-order valence-corrected chi connectivity index (χ2v) is 11.4. The van der Waals surface area contributed by atoms with Crippen molar-refractivity contribution in [3.05, 3.63) is 41.6 Å². The molecule has 2 atom stereocenters. The maximum Gasteiger partial charge on any atom is 0.102 e. The van der Waals surface area contributed by atoms with E-state index in [0.29, 0.717) is 11.3 Å². The van der Waals surface area contributed by atoms with Crippen LogP contribution >= 0.6 is 11.8 Å². The van der Waals surface area contributed by atoms with E-state index in [1.54, 1.807) is 11.3 Å². The standard InChI is InChI=1S/C26H39N3S/c1-25(2)21-14-15-26(25,3)23(29-16-10-7-11-17-29)22(21)24(30-19-18-28(4)5)27-20-12-8-6-9-13-20/h6,8-9,12-13,21H,7,10-11,14-19H2,1-5H3. The number of aliphatic imine (C=N–C) groups is 1. The highest BCUT2D eigenvalue weighted by Gasteiger charge is 2.62. The molecule has 1 aromatic carbocycles. The normalized spacial score (nSPS) is 28.7. The summed E-state index contributed by atoms with van der Waals surface area (Å²) in [6, 6.07) is 10.6. The summed E-state index contributed by atoms with van der Waals surface area (Å²) in [4.78, 5) is 10.3. The number of para-hydroxylation sites is 1. The molecule has 1 saturated carbocycles. The molecule has 4 rings (SSSR count). The van der Waals surface area contributed by atoms with E-state index in [1.165, 1.54) is 50.2 Å². The lowest BCUT2D eigenvalue weighted by Crippen LogP contribution is -2.40. The highest BCUT2D eigenvalue weighted by molar-refractivity contribution is 8.14. The first kappa shape index (κ1) is 22.0. The maximum absolute atomic E-state index is 5.27. The summed E-state index contributed by atoms with van der Waals surface area (Å²) in [6.07, 6.45) is 6.66. The Bertz CT molecular complexity index is 805. The van der Waals surface area contributed by atoms with Crippen molar-refractivity contribution in [3.63, 3.8) is 0 Å². The van der Waals surface area contributed by atoms with Gasteiger partial charge >= 0.3 is 0 Å². The van der Waals surface area contributed by atoms with Crippen LogP contribution in [0.1, 0.15) is 52.9 Å². The van der Waals surface area contributed by atoms with Crippen LogP contribution in [0.3, 0.4) is 0 Å². The number of hydrogen-bond donors (Lipinski definition) is 0. The predicted octanol–water partition coefficient (Wildman–Crippen LogP) is 6.21. The van der Waals surface area contributed by atoms with Crippen LogP contribution in [0.15, 0.2) is 46.6 Å². The Morgan fingerprint density at radius 1 is 1.10 bits per heavy atom. The molecule has 1 aliphatic heterocycles. The van der Waals surface area contributed by atoms with Gasteiger partial charge in [-0.2, -0.15) is 0 Å². The third-order valence-electron chi connectivity index (χ3n) is 8.02. The lowest BCUT2D eigenvalue weighted by atomic mass is 9.69. The second kappa shape index (κ2) is 8.70. The molecule has 1 aromatic rings. The molecule has 0 amide bonds. The number of fused-ring (bicyclic) bond motifs is 2. The van der Waals surface area contributed by atoms with Crippen LogP contribution < -0.4 is 0 Å². The number of benzene rings is 1. The largest absolute Gasteiger partial charge is 0.374 e. The van der Waals surface area contributed by atoms with Crippen LogP contribution in [-0.2, 0) is 0 Å². The smallest absolute Gasteiger partial charge is 0.102 e. The van der Waals surface area contributed by atoms with Gasteiger partial charge in [-0.05, 0) is 69.7 Å². The summed E-state index contributed by atoms with van der Waals surface area (Å²) < 4.78 is 0. The van der Waals surface area contributed by atoms with Crippen LogP contribution in [0.5, 0.6) is 0 Å². The van der Waals surface area contributed by atoms with Gasteiger partial charge in [-0.15, -0.1) is 11.8 Å². The molecule has 1 saturated heterocycles. The predicted molar refractivity (Wildman–Crippen MR) is 132 cm³/mol. The summed E-state index contributed by atoms with van der Waals surface area (Å²) in [5.74, 6) is 1.70. The van der Waals surface area contributed by atoms with Crippen molar-refractivity contribution >= 4 is 22.5 Å². The van der Waals surface area contributed by atoms with E-state index in [9.17, 15) is 0 Å². The van der Waals surface area contributed by atoms with Gasteiger partial charge in [0.1, 0.15) is 5.04 Å². The van der Waals surface area contributed by atoms with Crippen molar-refractivity contribution in [1.82, 2.24) is 9.80 Å². The molecule has 3 nitrogen and oxygen atoms in total. The molecule has 2 unspecified atom stereocenters. The first-order valence-corrected chi connectivity index (χ1v) is 12.7. The quantitative estimate of drug-likeness (QED) is 0.399. The van der Waals surface area contributed by atoms with Gasteiger partial charge in [-0.1, -0.05) is 39.0 Å². The zero-order valence-electron chi connectivity index (χ0n) is 19.6. The first-order chi connectivity index (χ1) is 14.3. The minimum Gasteiger partial charge on any atom is -0.374 e. The first-order valence-electron chi connectivity index (χ1n) is 11.8. The average molecular weight is 426 g/mol. The average Bonchev–Trinajstić information content (AvgIpc) is 3.06. The van der Waals surface area contributed by atoms with Gasteiger partial charge in [-0.25, -0.2) is 4.99 Å². The van der Waals surface area contributed by atoms with Crippen molar-refractivity contribution in [2.75, 3.05) is 39.5 Å². The van der Waals surface area contributed by atoms with Crippen molar-refractivity contribution in [2.24, 2.45) is 21.7 Å². The van der Waals surface area contributed by atoms with Gasteiger partial charge in [0.2, 0.25) is 0 Å². The molecule has 3 aliphatic rings. The van der Waals surface area contributed by atoms with E-state index in [-0.39, 0.29) is 5.41 Å². The van der Waals surface area contributed by atoms with Gasteiger partial charge in [0, 0.05) is 42.1 Å². The molecule has 4 heteroatoms. The number of likely N-dealkylation sites (tertiary alicyclic amines) is 1. The lowest BCUT2D eigenvalue weighted by molar-refractivity contribution is 0.124. The molecular weight excluding hydrogens is 386 g/mol. The number of nitrogens with zero attached hydrogens (tertiary/aromatic N) is 3. The van der Waals surface area contributed by atoms with E-state index in [1.807, 2.05) is 11.8 Å². The molecule has 30 heavy (non-hydrogen) atoms. The lowest BCUT2D eigenvalue weighted by Gasteiger charge is -2.43. The van der Waals surface area contributed by atoms with Crippen molar-refractivity contribution < 1.29 is 0 Å². The van der Waals surface area contributed by atoms with E-state index in [4.69, 9.17) is 4.99 Å². The zero-order valence-corrected chi connectivity index (χ0v) is 20.4. The topological polar surface area (TPSA) is 18.8 Å². The van der Waals surface area contributed by atoms with Gasteiger partial charge in [0.25, 0.3) is 0 Å². The molecule has 0 N–H and O–H groups in total. The molecular formula is C26H39N3S. The van der Waals surface area contributed by atoms with Gasteiger partial charge < -0.3 is 9.80 Å². The monoisotopic (exact) mass is 425 g/mol. The van der Waals surface area contributed by atoms with Crippen LogP contribution in [-0.4, -0.2) is 54.3 Å². The maximum atomic E-state index is 5.27. The summed E-state index contributed by atoms with van der Waals surface area (Å²) in [6.45, 7) is 11.1. The number of hydrogen-bond acceptors (Lipinski definition) is 4. The van der Waals surface area contributed by atoms with Crippen molar-refractivity contribution in [1.29, 1.82) is 0 Å². The Morgan fingerprint density at radius 3 is 2.47 bits per heavy atom. The second-order valence-electron chi connectivity index (χ2n) is 10.4. The van der Waals surface area contributed by atoms with Crippen LogP contribution in [0.25, 0.3) is 0 Å². The molecule has 0 radical (unpaired) electrons. The van der Waals surface area contributed by atoms with Gasteiger partial charge in [0.15, 0.2) is 0 Å². The zero-order chi connectivity index (χ0) is 21.4. The van der Waals surface area contributed by atoms with Crippen LogP contribution in [0, 0.1) is 16.7 Å². The highest BCUT2D eigenvalue weighted by Crippen LogP contribution is 2.69. The van der Waals surface area contributed by atoms with Crippen LogP contribution in [0.4, 0.5) is 5.69 Å². The number of rotatable bonds is 6. The van der Waals surface area contributed by atoms with Crippen molar-refractivity contribution in [3.8, 4) is 0 Å². The highest BCUT2D eigenvalue weighted by atomic mass is 32.2. The summed E-state index contributed by atoms with van der Waals surface area (Å²) in [5, 5.41) is 1.28.